The summed E-state index contributed by atoms with van der Waals surface area (Å²) in [6.45, 7) is 3.20. The van der Waals surface area contributed by atoms with Crippen LogP contribution in [0.15, 0.2) is 53.6 Å². The van der Waals surface area contributed by atoms with E-state index in [9.17, 15) is 9.59 Å². The number of nitrogens with zero attached hydrogens (tertiary/aromatic N) is 4. The number of amides is 1. The van der Waals surface area contributed by atoms with Gasteiger partial charge in [-0.25, -0.2) is 9.48 Å². The van der Waals surface area contributed by atoms with Crippen LogP contribution >= 0.6 is 0 Å². The van der Waals surface area contributed by atoms with Crippen molar-refractivity contribution in [3.63, 3.8) is 0 Å². The third-order valence-corrected chi connectivity index (χ3v) is 4.95. The number of nitrogens with one attached hydrogen (secondary N) is 1. The smallest absolute Gasteiger partial charge is 0.346 e. The molecule has 4 rings (SSSR count). The van der Waals surface area contributed by atoms with Gasteiger partial charge in [-0.1, -0.05) is 12.1 Å². The number of carbonyl (C=O) groups excluding carboxylic acids is 1. The molecule has 1 amide bonds. The SMILES string of the molecule is CCOc1ccc(CC(=O)NCCn2nc(-c3cccnc3)n(C3CC3)c2=O)cc1. The highest BCUT2D eigenvalue weighted by atomic mass is 16.5. The third-order valence-electron chi connectivity index (χ3n) is 4.95. The quantitative estimate of drug-likeness (QED) is 0.587. The van der Waals surface area contributed by atoms with Crippen molar-refractivity contribution in [1.82, 2.24) is 24.6 Å². The molecule has 1 N–H and O–H groups in total. The van der Waals surface area contributed by atoms with Crippen molar-refractivity contribution >= 4 is 5.91 Å². The molecule has 1 aliphatic carbocycles. The topological polar surface area (TPSA) is 91.0 Å². The number of hydrogen-bond donors (Lipinski definition) is 1. The largest absolute Gasteiger partial charge is 0.494 e. The highest BCUT2D eigenvalue weighted by Crippen LogP contribution is 2.36. The van der Waals surface area contributed by atoms with E-state index in [1.165, 1.54) is 4.68 Å². The lowest BCUT2D eigenvalue weighted by Crippen LogP contribution is -2.32. The van der Waals surface area contributed by atoms with Gasteiger partial charge in [0.05, 0.1) is 19.6 Å². The fourth-order valence-corrected chi connectivity index (χ4v) is 3.34. The van der Waals surface area contributed by atoms with Gasteiger partial charge in [0.1, 0.15) is 5.75 Å². The maximum absolute atomic E-state index is 12.8. The molecule has 3 aromatic rings. The van der Waals surface area contributed by atoms with Crippen LogP contribution in [0.3, 0.4) is 0 Å². The summed E-state index contributed by atoms with van der Waals surface area (Å²) in [4.78, 5) is 29.2. The molecule has 0 atom stereocenters. The molecule has 0 unspecified atom stereocenters. The van der Waals surface area contributed by atoms with Gasteiger partial charge >= 0.3 is 5.69 Å². The Kier molecular flexibility index (Phi) is 5.92. The Morgan fingerprint density at radius 1 is 1.23 bits per heavy atom. The van der Waals surface area contributed by atoms with E-state index in [-0.39, 0.29) is 24.1 Å². The average molecular weight is 407 g/mol. The zero-order valence-electron chi connectivity index (χ0n) is 17.0. The Hall–Kier alpha value is -3.42. The molecule has 0 aliphatic heterocycles. The predicted molar refractivity (Wildman–Crippen MR) is 112 cm³/mol. The number of carbonyl (C=O) groups is 1. The molecule has 1 saturated carbocycles. The number of aromatic nitrogens is 4. The Labute approximate surface area is 174 Å². The molecule has 2 aromatic heterocycles. The van der Waals surface area contributed by atoms with Crippen molar-refractivity contribution in [2.75, 3.05) is 13.2 Å². The van der Waals surface area contributed by atoms with Crippen molar-refractivity contribution in [3.8, 4) is 17.1 Å². The van der Waals surface area contributed by atoms with Crippen LogP contribution in [-0.4, -0.2) is 38.4 Å². The summed E-state index contributed by atoms with van der Waals surface area (Å²) < 4.78 is 8.59. The molecule has 2 heterocycles. The average Bonchev–Trinajstić information content (AvgIpc) is 3.54. The lowest BCUT2D eigenvalue weighted by molar-refractivity contribution is -0.120. The van der Waals surface area contributed by atoms with Gasteiger partial charge in [0, 0.05) is 30.5 Å². The van der Waals surface area contributed by atoms with E-state index in [0.29, 0.717) is 25.5 Å². The Morgan fingerprint density at radius 3 is 2.70 bits per heavy atom. The van der Waals surface area contributed by atoms with Gasteiger partial charge in [-0.15, -0.1) is 5.10 Å². The third kappa shape index (κ3) is 4.59. The first-order valence-corrected chi connectivity index (χ1v) is 10.2. The van der Waals surface area contributed by atoms with Crippen molar-refractivity contribution in [2.24, 2.45) is 0 Å². The van der Waals surface area contributed by atoms with Gasteiger partial charge in [-0.3, -0.25) is 14.3 Å². The summed E-state index contributed by atoms with van der Waals surface area (Å²) >= 11 is 0. The molecule has 0 bridgehead atoms. The molecule has 8 nitrogen and oxygen atoms in total. The minimum absolute atomic E-state index is 0.0960. The van der Waals surface area contributed by atoms with Gasteiger partial charge in [0.2, 0.25) is 5.91 Å². The second-order valence-corrected chi connectivity index (χ2v) is 7.28. The van der Waals surface area contributed by atoms with Crippen LogP contribution in [0.4, 0.5) is 0 Å². The first kappa shape index (κ1) is 19.9. The number of pyridine rings is 1. The molecular formula is C22H25N5O3. The molecule has 1 aliphatic rings. The van der Waals surface area contributed by atoms with Gasteiger partial charge in [0.25, 0.3) is 0 Å². The zero-order valence-corrected chi connectivity index (χ0v) is 17.0. The van der Waals surface area contributed by atoms with Crippen molar-refractivity contribution in [2.45, 2.75) is 38.8 Å². The maximum atomic E-state index is 12.8. The van der Waals surface area contributed by atoms with Gasteiger partial charge in [-0.05, 0) is 49.6 Å². The minimum atomic E-state index is -0.142. The highest BCUT2D eigenvalue weighted by molar-refractivity contribution is 5.78. The van der Waals surface area contributed by atoms with Crippen LogP contribution in [0.5, 0.6) is 5.75 Å². The summed E-state index contributed by atoms with van der Waals surface area (Å²) in [6.07, 6.45) is 5.65. The Morgan fingerprint density at radius 2 is 2.03 bits per heavy atom. The van der Waals surface area contributed by atoms with E-state index in [0.717, 1.165) is 29.7 Å². The van der Waals surface area contributed by atoms with Crippen molar-refractivity contribution < 1.29 is 9.53 Å². The van der Waals surface area contributed by atoms with E-state index in [1.807, 2.05) is 43.3 Å². The van der Waals surface area contributed by atoms with Crippen molar-refractivity contribution in [1.29, 1.82) is 0 Å². The number of hydrogen-bond acceptors (Lipinski definition) is 5. The van der Waals surface area contributed by atoms with Crippen LogP contribution in [0.25, 0.3) is 11.4 Å². The highest BCUT2D eigenvalue weighted by Gasteiger charge is 2.30. The molecular weight excluding hydrogens is 382 g/mol. The van der Waals surface area contributed by atoms with Crippen molar-refractivity contribution in [3.05, 3.63) is 64.8 Å². The summed E-state index contributed by atoms with van der Waals surface area (Å²) in [6, 6.07) is 11.4. The molecule has 8 heteroatoms. The van der Waals surface area contributed by atoms with Crippen LogP contribution in [0, 0.1) is 0 Å². The lowest BCUT2D eigenvalue weighted by atomic mass is 10.1. The van der Waals surface area contributed by atoms with Gasteiger partial charge in [0.15, 0.2) is 5.82 Å². The molecule has 1 fully saturated rings. The van der Waals surface area contributed by atoms with E-state index in [4.69, 9.17) is 4.74 Å². The molecule has 1 aromatic carbocycles. The second kappa shape index (κ2) is 8.94. The van der Waals surface area contributed by atoms with Crippen LogP contribution in [-0.2, 0) is 17.8 Å². The molecule has 0 spiro atoms. The summed E-state index contributed by atoms with van der Waals surface area (Å²) in [5, 5.41) is 7.38. The van der Waals surface area contributed by atoms with Crippen LogP contribution < -0.4 is 15.7 Å². The normalized spacial score (nSPS) is 13.2. The molecule has 0 radical (unpaired) electrons. The van der Waals surface area contributed by atoms with Crippen LogP contribution in [0.1, 0.15) is 31.4 Å². The Bertz CT molecular complexity index is 1050. The first-order valence-electron chi connectivity index (χ1n) is 10.2. The Balaban J connectivity index is 1.37. The minimum Gasteiger partial charge on any atom is -0.494 e. The predicted octanol–water partition coefficient (Wildman–Crippen LogP) is 2.20. The van der Waals surface area contributed by atoms with Gasteiger partial charge in [-0.2, -0.15) is 0 Å². The summed E-state index contributed by atoms with van der Waals surface area (Å²) in [5.41, 5.74) is 1.59. The monoisotopic (exact) mass is 407 g/mol. The number of ether oxygens (including phenoxy) is 1. The standard InChI is InChI=1S/C22H25N5O3/c1-2-30-19-9-5-16(6-10-19)14-20(28)24-12-13-26-22(29)27(18-7-8-18)21(25-26)17-4-3-11-23-15-17/h3-6,9-11,15,18H,2,7-8,12-14H2,1H3,(H,24,28). The maximum Gasteiger partial charge on any atom is 0.346 e. The van der Waals surface area contributed by atoms with Crippen LogP contribution in [0.2, 0.25) is 0 Å². The van der Waals surface area contributed by atoms with E-state index in [1.54, 1.807) is 17.0 Å². The molecule has 156 valence electrons. The van der Waals surface area contributed by atoms with E-state index >= 15 is 0 Å². The number of rotatable bonds is 9. The molecule has 30 heavy (non-hydrogen) atoms. The van der Waals surface area contributed by atoms with E-state index in [2.05, 4.69) is 15.4 Å². The van der Waals surface area contributed by atoms with E-state index < -0.39 is 0 Å². The summed E-state index contributed by atoms with van der Waals surface area (Å²) in [7, 11) is 0. The fourth-order valence-electron chi connectivity index (χ4n) is 3.34. The first-order chi connectivity index (χ1) is 14.7. The zero-order chi connectivity index (χ0) is 20.9. The second-order valence-electron chi connectivity index (χ2n) is 7.28. The summed E-state index contributed by atoms with van der Waals surface area (Å²) in [5.74, 6) is 1.33. The fraction of sp³-hybridized carbons (Fsp3) is 0.364. The number of benzene rings is 1. The van der Waals surface area contributed by atoms with Gasteiger partial charge < -0.3 is 10.1 Å². The molecule has 0 saturated heterocycles. The lowest BCUT2D eigenvalue weighted by Gasteiger charge is -2.06.